The van der Waals surface area contributed by atoms with Crippen molar-refractivity contribution in [2.24, 2.45) is 0 Å². The van der Waals surface area contributed by atoms with Crippen molar-refractivity contribution in [2.45, 2.75) is 39.8 Å². The van der Waals surface area contributed by atoms with E-state index < -0.39 is 0 Å². The second-order valence-electron chi connectivity index (χ2n) is 3.77. The van der Waals surface area contributed by atoms with Gasteiger partial charge in [-0.3, -0.25) is 0 Å². The molecule has 0 aliphatic heterocycles. The molecule has 1 rings (SSSR count). The molecule has 0 aliphatic carbocycles. The molecule has 4 heteroatoms. The Morgan fingerprint density at radius 1 is 1.53 bits per heavy atom. The van der Waals surface area contributed by atoms with Gasteiger partial charge in [-0.2, -0.15) is 0 Å². The lowest BCUT2D eigenvalue weighted by atomic mass is 10.2. The van der Waals surface area contributed by atoms with Gasteiger partial charge < -0.3 is 10.6 Å². The van der Waals surface area contributed by atoms with Crippen molar-refractivity contribution in [1.82, 2.24) is 15.6 Å². The van der Waals surface area contributed by atoms with Crippen LogP contribution in [0.1, 0.15) is 30.2 Å². The third-order valence-electron chi connectivity index (χ3n) is 2.28. The van der Waals surface area contributed by atoms with Crippen molar-refractivity contribution >= 4 is 11.3 Å². The number of nitrogens with zero attached hydrogens (tertiary/aromatic N) is 1. The van der Waals surface area contributed by atoms with E-state index in [4.69, 9.17) is 0 Å². The molecule has 3 nitrogen and oxygen atoms in total. The molecule has 1 aromatic rings. The molecule has 0 radical (unpaired) electrons. The van der Waals surface area contributed by atoms with Gasteiger partial charge in [0.05, 0.1) is 5.01 Å². The molecule has 86 valence electrons. The van der Waals surface area contributed by atoms with Crippen LogP contribution >= 0.6 is 11.3 Å². The Hall–Kier alpha value is -0.450. The summed E-state index contributed by atoms with van der Waals surface area (Å²) in [5, 5.41) is 7.98. The van der Waals surface area contributed by atoms with Crippen LogP contribution in [-0.4, -0.2) is 24.1 Å². The Kier molecular flexibility index (Phi) is 5.83. The summed E-state index contributed by atoms with van der Waals surface area (Å²) in [6, 6.07) is 0.602. The van der Waals surface area contributed by atoms with Crippen LogP contribution in [0.5, 0.6) is 0 Å². The molecule has 0 saturated heterocycles. The van der Waals surface area contributed by atoms with E-state index in [-0.39, 0.29) is 0 Å². The largest absolute Gasteiger partial charge is 0.314 e. The van der Waals surface area contributed by atoms with Crippen molar-refractivity contribution in [3.05, 3.63) is 16.1 Å². The molecule has 0 amide bonds. The molecule has 1 aromatic heterocycles. The van der Waals surface area contributed by atoms with Gasteiger partial charge in [-0.1, -0.05) is 6.92 Å². The monoisotopic (exact) mass is 227 g/mol. The zero-order valence-electron chi connectivity index (χ0n) is 9.84. The molecule has 0 fully saturated rings. The third-order valence-corrected chi connectivity index (χ3v) is 3.19. The highest BCUT2D eigenvalue weighted by atomic mass is 32.1. The minimum atomic E-state index is 0.602. The molecule has 1 heterocycles. The Morgan fingerprint density at radius 3 is 2.93 bits per heavy atom. The fraction of sp³-hybridized carbons (Fsp3) is 0.727. The van der Waals surface area contributed by atoms with Crippen molar-refractivity contribution in [1.29, 1.82) is 0 Å². The quantitative estimate of drug-likeness (QED) is 0.699. The van der Waals surface area contributed by atoms with Crippen LogP contribution in [0.4, 0.5) is 0 Å². The second kappa shape index (κ2) is 6.93. The molecule has 1 atom stereocenters. The summed E-state index contributed by atoms with van der Waals surface area (Å²) in [5.74, 6) is 0. The summed E-state index contributed by atoms with van der Waals surface area (Å²) in [6.45, 7) is 9.47. The lowest BCUT2D eigenvalue weighted by Crippen LogP contribution is -2.29. The zero-order valence-corrected chi connectivity index (χ0v) is 10.7. The maximum absolute atomic E-state index is 4.23. The van der Waals surface area contributed by atoms with Gasteiger partial charge in [-0.15, -0.1) is 11.3 Å². The van der Waals surface area contributed by atoms with E-state index in [2.05, 4.69) is 29.5 Å². The minimum Gasteiger partial charge on any atom is -0.314 e. The first kappa shape index (κ1) is 12.6. The number of thiazole rings is 1. The first-order valence-corrected chi connectivity index (χ1v) is 6.39. The summed E-state index contributed by atoms with van der Waals surface area (Å²) in [5.41, 5.74) is 0. The van der Waals surface area contributed by atoms with E-state index in [0.29, 0.717) is 6.04 Å². The summed E-state index contributed by atoms with van der Waals surface area (Å²) in [6.07, 6.45) is 3.13. The molecule has 1 unspecified atom stereocenters. The fourth-order valence-corrected chi connectivity index (χ4v) is 2.23. The average molecular weight is 227 g/mol. The van der Waals surface area contributed by atoms with Gasteiger partial charge in [-0.05, 0) is 33.4 Å². The predicted octanol–water partition coefficient (Wildman–Crippen LogP) is 1.93. The number of hydrogen-bond donors (Lipinski definition) is 2. The number of nitrogens with one attached hydrogen (secondary N) is 2. The second-order valence-corrected chi connectivity index (χ2v) is 5.09. The SMILES string of the molecule is CCNC(C)CCNCc1cnc(C)s1. The first-order chi connectivity index (χ1) is 7.22. The van der Waals surface area contributed by atoms with Gasteiger partial charge in [0.25, 0.3) is 0 Å². The molecule has 0 bridgehead atoms. The van der Waals surface area contributed by atoms with Crippen LogP contribution in [0.3, 0.4) is 0 Å². The number of aryl methyl sites for hydroxylation is 1. The Morgan fingerprint density at radius 2 is 2.33 bits per heavy atom. The summed E-state index contributed by atoms with van der Waals surface area (Å²) in [4.78, 5) is 5.55. The minimum absolute atomic E-state index is 0.602. The molecular weight excluding hydrogens is 206 g/mol. The van der Waals surface area contributed by atoms with Crippen molar-refractivity contribution in [2.75, 3.05) is 13.1 Å². The Bertz CT molecular complexity index is 273. The normalized spacial score (nSPS) is 13.0. The third kappa shape index (κ3) is 5.25. The van der Waals surface area contributed by atoms with Crippen LogP contribution in [0, 0.1) is 6.92 Å². The Balaban J connectivity index is 2.06. The smallest absolute Gasteiger partial charge is 0.0897 e. The molecule has 0 saturated carbocycles. The van der Waals surface area contributed by atoms with Crippen LogP contribution < -0.4 is 10.6 Å². The number of hydrogen-bond acceptors (Lipinski definition) is 4. The van der Waals surface area contributed by atoms with Crippen LogP contribution in [0.15, 0.2) is 6.20 Å². The van der Waals surface area contributed by atoms with E-state index in [0.717, 1.165) is 24.6 Å². The van der Waals surface area contributed by atoms with Gasteiger partial charge in [-0.25, -0.2) is 4.98 Å². The zero-order chi connectivity index (χ0) is 11.1. The van der Waals surface area contributed by atoms with E-state index in [1.807, 2.05) is 13.1 Å². The standard InChI is InChI=1S/C11H21N3S/c1-4-13-9(2)5-6-12-7-11-8-14-10(3)15-11/h8-9,12-13H,4-7H2,1-3H3. The topological polar surface area (TPSA) is 37.0 Å². The van der Waals surface area contributed by atoms with Crippen LogP contribution in [-0.2, 0) is 6.54 Å². The fourth-order valence-electron chi connectivity index (χ4n) is 1.47. The maximum Gasteiger partial charge on any atom is 0.0897 e. The lowest BCUT2D eigenvalue weighted by Gasteiger charge is -2.11. The van der Waals surface area contributed by atoms with E-state index >= 15 is 0 Å². The van der Waals surface area contributed by atoms with Gasteiger partial charge >= 0.3 is 0 Å². The van der Waals surface area contributed by atoms with E-state index in [1.54, 1.807) is 11.3 Å². The van der Waals surface area contributed by atoms with Gasteiger partial charge in [0.15, 0.2) is 0 Å². The molecule has 0 aliphatic rings. The van der Waals surface area contributed by atoms with Gasteiger partial charge in [0.1, 0.15) is 0 Å². The highest BCUT2D eigenvalue weighted by Crippen LogP contribution is 2.10. The summed E-state index contributed by atoms with van der Waals surface area (Å²) < 4.78 is 0. The molecular formula is C11H21N3S. The molecule has 0 aromatic carbocycles. The van der Waals surface area contributed by atoms with Gasteiger partial charge in [0.2, 0.25) is 0 Å². The highest BCUT2D eigenvalue weighted by Gasteiger charge is 2.00. The van der Waals surface area contributed by atoms with E-state index in [9.17, 15) is 0 Å². The van der Waals surface area contributed by atoms with Crippen LogP contribution in [0.25, 0.3) is 0 Å². The van der Waals surface area contributed by atoms with Crippen molar-refractivity contribution < 1.29 is 0 Å². The lowest BCUT2D eigenvalue weighted by molar-refractivity contribution is 0.505. The van der Waals surface area contributed by atoms with Crippen LogP contribution in [0.2, 0.25) is 0 Å². The Labute approximate surface area is 96.3 Å². The first-order valence-electron chi connectivity index (χ1n) is 5.57. The summed E-state index contributed by atoms with van der Waals surface area (Å²) >= 11 is 1.77. The average Bonchev–Trinajstić information content (AvgIpc) is 2.60. The molecule has 2 N–H and O–H groups in total. The predicted molar refractivity (Wildman–Crippen MR) is 66.3 cm³/mol. The number of aromatic nitrogens is 1. The number of rotatable bonds is 7. The highest BCUT2D eigenvalue weighted by molar-refractivity contribution is 7.11. The summed E-state index contributed by atoms with van der Waals surface area (Å²) in [7, 11) is 0. The van der Waals surface area contributed by atoms with Crippen molar-refractivity contribution in [3.63, 3.8) is 0 Å². The van der Waals surface area contributed by atoms with Crippen molar-refractivity contribution in [3.8, 4) is 0 Å². The van der Waals surface area contributed by atoms with Gasteiger partial charge in [0, 0.05) is 23.7 Å². The van der Waals surface area contributed by atoms with E-state index in [1.165, 1.54) is 11.3 Å². The maximum atomic E-state index is 4.23. The molecule has 0 spiro atoms. The molecule has 15 heavy (non-hydrogen) atoms.